The summed E-state index contributed by atoms with van der Waals surface area (Å²) in [5, 5.41) is 32.9. The van der Waals surface area contributed by atoms with Crippen molar-refractivity contribution in [1.82, 2.24) is 4.90 Å². The van der Waals surface area contributed by atoms with Crippen molar-refractivity contribution in [2.75, 3.05) is 19.6 Å². The Morgan fingerprint density at radius 3 is 2.05 bits per heavy atom. The number of carbonyl (C=O) groups is 1. The first-order valence-electron chi connectivity index (χ1n) is 15.8. The van der Waals surface area contributed by atoms with Crippen LogP contribution < -0.4 is 0 Å². The second-order valence-electron chi connectivity index (χ2n) is 9.95. The molecule has 1 aliphatic heterocycles. The van der Waals surface area contributed by atoms with Gasteiger partial charge >= 0.3 is 5.97 Å². The lowest BCUT2D eigenvalue weighted by molar-refractivity contribution is -0.142. The van der Waals surface area contributed by atoms with Crippen LogP contribution in [0.15, 0.2) is 84.9 Å². The number of aliphatic carboxylic acids is 1. The van der Waals surface area contributed by atoms with Gasteiger partial charge in [-0.3, -0.25) is 4.79 Å². The van der Waals surface area contributed by atoms with Crippen LogP contribution in [0, 0.1) is 5.92 Å². The summed E-state index contributed by atoms with van der Waals surface area (Å²) in [4.78, 5) is 14.5. The van der Waals surface area contributed by atoms with Crippen LogP contribution in [0.25, 0.3) is 0 Å². The number of carboxylic acid groups (broad SMARTS) is 1. The number of benzene rings is 3. The van der Waals surface area contributed by atoms with Crippen LogP contribution in [0.4, 0.5) is 0 Å². The second-order valence-corrected chi connectivity index (χ2v) is 9.95. The highest BCUT2D eigenvalue weighted by atomic mass is 16.4. The Balaban J connectivity index is 1.40. The topological polar surface area (TPSA) is 81.0 Å². The number of rotatable bonds is 10. The molecule has 37 heavy (non-hydrogen) atoms. The van der Waals surface area contributed by atoms with Crippen LogP contribution in [-0.2, 0) is 15.8 Å². The Kier molecular flexibility index (Phi) is 6.28. The molecule has 5 nitrogen and oxygen atoms in total. The van der Waals surface area contributed by atoms with E-state index in [1.54, 1.807) is 6.07 Å². The Labute approximate surface area is 228 Å². The van der Waals surface area contributed by atoms with Gasteiger partial charge in [0.2, 0.25) is 0 Å². The van der Waals surface area contributed by atoms with Gasteiger partial charge in [0, 0.05) is 8.22 Å². The SMILES string of the molecule is [2H]C([2H])([2H])C(C(=O)O)(c1cccc(C(O)CCCN2CCC(C(O)(c3ccccc3)c3ccccc3)CC2)c1)C([2H])([2H])[2H]. The average Bonchev–Trinajstić information content (AvgIpc) is 2.96. The van der Waals surface area contributed by atoms with Gasteiger partial charge in [-0.15, -0.1) is 0 Å². The van der Waals surface area contributed by atoms with E-state index >= 15 is 0 Å². The Hall–Kier alpha value is -2.99. The summed E-state index contributed by atoms with van der Waals surface area (Å²) in [6, 6.07) is 24.8. The maximum Gasteiger partial charge on any atom is 0.313 e. The number of nitrogens with zero attached hydrogens (tertiary/aromatic N) is 1. The maximum atomic E-state index is 12.2. The van der Waals surface area contributed by atoms with Crippen LogP contribution in [0.5, 0.6) is 0 Å². The average molecular weight is 508 g/mol. The van der Waals surface area contributed by atoms with E-state index in [9.17, 15) is 20.1 Å². The summed E-state index contributed by atoms with van der Waals surface area (Å²) in [6.45, 7) is -4.46. The van der Waals surface area contributed by atoms with Crippen LogP contribution >= 0.6 is 0 Å². The summed E-state index contributed by atoms with van der Waals surface area (Å²) in [5.41, 5.74) is -2.61. The van der Waals surface area contributed by atoms with Crippen LogP contribution in [0.1, 0.15) is 76.0 Å². The molecule has 3 N–H and O–H groups in total. The first-order chi connectivity index (χ1) is 20.2. The molecule has 0 spiro atoms. The van der Waals surface area contributed by atoms with Crippen LogP contribution in [0.2, 0.25) is 0 Å². The minimum absolute atomic E-state index is 0.0211. The quantitative estimate of drug-likeness (QED) is 0.337. The summed E-state index contributed by atoms with van der Waals surface area (Å²) >= 11 is 0. The number of aliphatic hydroxyl groups excluding tert-OH is 1. The van der Waals surface area contributed by atoms with E-state index in [1.807, 2.05) is 60.7 Å². The normalized spacial score (nSPS) is 19.5. The molecule has 1 fully saturated rings. The second kappa shape index (κ2) is 11.6. The third kappa shape index (κ3) is 5.96. The zero-order valence-electron chi connectivity index (χ0n) is 26.9. The zero-order valence-corrected chi connectivity index (χ0v) is 20.9. The smallest absolute Gasteiger partial charge is 0.313 e. The fourth-order valence-corrected chi connectivity index (χ4v) is 5.37. The first-order valence-corrected chi connectivity index (χ1v) is 12.8. The molecule has 0 aliphatic carbocycles. The number of likely N-dealkylation sites (tertiary alicyclic amines) is 1. The van der Waals surface area contributed by atoms with E-state index in [0.29, 0.717) is 19.4 Å². The van der Waals surface area contributed by atoms with Crippen molar-refractivity contribution in [3.8, 4) is 0 Å². The Morgan fingerprint density at radius 2 is 1.51 bits per heavy atom. The molecule has 1 atom stereocenters. The Bertz CT molecular complexity index is 1300. The van der Waals surface area contributed by atoms with Gasteiger partial charge in [0.05, 0.1) is 11.5 Å². The molecule has 1 unspecified atom stereocenters. The summed E-state index contributed by atoms with van der Waals surface area (Å²) in [5.74, 6) is -1.94. The molecule has 3 aromatic carbocycles. The van der Waals surface area contributed by atoms with Crippen LogP contribution in [0.3, 0.4) is 0 Å². The largest absolute Gasteiger partial charge is 0.481 e. The lowest BCUT2D eigenvalue weighted by Gasteiger charge is -2.42. The van der Waals surface area contributed by atoms with Crippen molar-refractivity contribution in [2.45, 2.75) is 56.5 Å². The van der Waals surface area contributed by atoms with Gasteiger partial charge in [0.15, 0.2) is 0 Å². The van der Waals surface area contributed by atoms with E-state index < -0.39 is 36.8 Å². The van der Waals surface area contributed by atoms with E-state index in [4.69, 9.17) is 8.22 Å². The van der Waals surface area contributed by atoms with Gasteiger partial charge in [-0.2, -0.15) is 0 Å². The van der Waals surface area contributed by atoms with Gasteiger partial charge in [-0.1, -0.05) is 84.9 Å². The molecule has 0 aromatic heterocycles. The highest BCUT2D eigenvalue weighted by Gasteiger charge is 2.41. The molecular weight excluding hydrogens is 462 g/mol. The fraction of sp³-hybridized carbons (Fsp3) is 0.406. The molecule has 1 saturated heterocycles. The predicted octanol–water partition coefficient (Wildman–Crippen LogP) is 5.51. The molecule has 0 amide bonds. The standard InChI is InChI=1S/C32H39NO4/c1-31(2,30(35)36)28-16-9-11-24(23-28)29(34)17-10-20-33-21-18-27(19-22-33)32(37,25-12-5-3-6-13-25)26-14-7-4-8-15-26/h3-9,11-16,23,27,29,34,37H,10,17-22H2,1-2H3,(H,35,36)/i1D3,2D3. The van der Waals surface area contributed by atoms with Gasteiger partial charge in [0.25, 0.3) is 0 Å². The number of hydrogen-bond donors (Lipinski definition) is 3. The molecule has 1 aliphatic rings. The minimum Gasteiger partial charge on any atom is -0.481 e. The van der Waals surface area contributed by atoms with Crippen molar-refractivity contribution in [3.05, 3.63) is 107 Å². The summed E-state index contributed by atoms with van der Waals surface area (Å²) in [6.07, 6.45) is 1.47. The van der Waals surface area contributed by atoms with E-state index in [1.165, 1.54) is 18.2 Å². The predicted molar refractivity (Wildman–Crippen MR) is 146 cm³/mol. The van der Waals surface area contributed by atoms with Gasteiger partial charge in [-0.05, 0) is 87.2 Å². The monoisotopic (exact) mass is 507 g/mol. The van der Waals surface area contributed by atoms with Gasteiger partial charge in [0.1, 0.15) is 5.60 Å². The summed E-state index contributed by atoms with van der Waals surface area (Å²) in [7, 11) is 0. The molecule has 1 heterocycles. The van der Waals surface area contributed by atoms with Gasteiger partial charge in [-0.25, -0.2) is 0 Å². The van der Waals surface area contributed by atoms with E-state index in [2.05, 4.69) is 4.90 Å². The van der Waals surface area contributed by atoms with Crippen molar-refractivity contribution < 1.29 is 28.3 Å². The molecule has 4 rings (SSSR count). The lowest BCUT2D eigenvalue weighted by atomic mass is 9.72. The molecule has 3 aromatic rings. The highest BCUT2D eigenvalue weighted by molar-refractivity contribution is 5.80. The van der Waals surface area contributed by atoms with Crippen LogP contribution in [-0.4, -0.2) is 45.8 Å². The zero-order chi connectivity index (χ0) is 31.5. The molecule has 0 radical (unpaired) electrons. The molecule has 196 valence electrons. The number of piperidine rings is 1. The maximum absolute atomic E-state index is 12.2. The number of carboxylic acids is 1. The van der Waals surface area contributed by atoms with E-state index in [-0.39, 0.29) is 17.0 Å². The first kappa shape index (κ1) is 20.0. The summed E-state index contributed by atoms with van der Waals surface area (Å²) < 4.78 is 46.9. The molecule has 5 heteroatoms. The molecule has 0 bridgehead atoms. The third-order valence-corrected chi connectivity index (χ3v) is 7.58. The number of aliphatic hydroxyl groups is 2. The lowest BCUT2D eigenvalue weighted by Crippen LogP contribution is -2.44. The Morgan fingerprint density at radius 1 is 0.946 bits per heavy atom. The van der Waals surface area contributed by atoms with Crippen molar-refractivity contribution in [3.63, 3.8) is 0 Å². The molecular formula is C32H39NO4. The van der Waals surface area contributed by atoms with Gasteiger partial charge < -0.3 is 20.2 Å². The van der Waals surface area contributed by atoms with Crippen molar-refractivity contribution in [1.29, 1.82) is 0 Å². The number of hydrogen-bond acceptors (Lipinski definition) is 4. The highest BCUT2D eigenvalue weighted by Crippen LogP contribution is 2.42. The van der Waals surface area contributed by atoms with Crippen molar-refractivity contribution in [2.24, 2.45) is 5.92 Å². The third-order valence-electron chi connectivity index (χ3n) is 7.58. The minimum atomic E-state index is -3.35. The van der Waals surface area contributed by atoms with E-state index in [0.717, 1.165) is 37.1 Å². The molecule has 0 saturated carbocycles. The van der Waals surface area contributed by atoms with Crippen molar-refractivity contribution >= 4 is 5.97 Å². The fourth-order valence-electron chi connectivity index (χ4n) is 5.37.